The first kappa shape index (κ1) is 23.9. The average Bonchev–Trinajstić information content (AvgIpc) is 3.26. The minimum atomic E-state index is -0.611. The molecule has 4 aromatic rings. The van der Waals surface area contributed by atoms with Crippen molar-refractivity contribution in [1.82, 2.24) is 9.78 Å². The van der Waals surface area contributed by atoms with E-state index in [1.807, 2.05) is 18.2 Å². The van der Waals surface area contributed by atoms with Gasteiger partial charge in [-0.1, -0.05) is 17.7 Å². The maximum atomic E-state index is 13.1. The zero-order valence-corrected chi connectivity index (χ0v) is 20.7. The number of nitrogens with one attached hydrogen (secondary N) is 1. The second kappa shape index (κ2) is 9.69. The van der Waals surface area contributed by atoms with E-state index in [0.29, 0.717) is 34.8 Å². The normalized spacial score (nSPS) is 12.1. The summed E-state index contributed by atoms with van der Waals surface area (Å²) in [5, 5.41) is 17.5. The number of hydrogen-bond acceptors (Lipinski definition) is 6. The summed E-state index contributed by atoms with van der Waals surface area (Å²) in [5.74, 6) is -0.855. The van der Waals surface area contributed by atoms with Gasteiger partial charge in [-0.3, -0.25) is 9.59 Å². The summed E-state index contributed by atoms with van der Waals surface area (Å²) in [5.41, 5.74) is 10.8. The Balaban J connectivity index is 1.56. The molecular weight excluding hydrogens is 500 g/mol. The van der Waals surface area contributed by atoms with Crippen molar-refractivity contribution in [2.24, 2.45) is 5.73 Å². The van der Waals surface area contributed by atoms with E-state index in [2.05, 4.69) is 10.4 Å². The second-order valence-electron chi connectivity index (χ2n) is 8.19. The number of benzene rings is 3. The van der Waals surface area contributed by atoms with E-state index in [1.165, 1.54) is 0 Å². The van der Waals surface area contributed by atoms with Crippen LogP contribution in [0.3, 0.4) is 0 Å². The van der Waals surface area contributed by atoms with Gasteiger partial charge in [0.1, 0.15) is 5.75 Å². The van der Waals surface area contributed by atoms with Gasteiger partial charge in [-0.25, -0.2) is 4.68 Å². The van der Waals surface area contributed by atoms with Gasteiger partial charge in [0.05, 0.1) is 29.1 Å². The molecule has 182 valence electrons. The lowest BCUT2D eigenvalue weighted by Crippen LogP contribution is -2.16. The summed E-state index contributed by atoms with van der Waals surface area (Å²) < 4.78 is 6.73. The number of fused-ring (bicyclic) bond motifs is 3. The van der Waals surface area contributed by atoms with Crippen molar-refractivity contribution < 1.29 is 18.9 Å². The Kier molecular flexibility index (Phi) is 6.44. The monoisotopic (exact) mass is 520 g/mol. The molecule has 0 aliphatic heterocycles. The van der Waals surface area contributed by atoms with Gasteiger partial charge in [0.15, 0.2) is 5.69 Å². The zero-order valence-electron chi connectivity index (χ0n) is 19.1. The summed E-state index contributed by atoms with van der Waals surface area (Å²) in [6.45, 7) is 0. The number of aromatic hydroxyl groups is 1. The van der Waals surface area contributed by atoms with Crippen molar-refractivity contribution in [2.45, 2.75) is 17.7 Å². The molecule has 5 rings (SSSR count). The molecule has 0 saturated heterocycles. The number of halogens is 1. The summed E-state index contributed by atoms with van der Waals surface area (Å²) in [7, 11) is 1.55. The molecule has 1 aliphatic carbocycles. The summed E-state index contributed by atoms with van der Waals surface area (Å²) >= 11 is 7.42. The topological polar surface area (TPSA) is 119 Å². The molecular formula is C26H21ClN4O4S. The van der Waals surface area contributed by atoms with Crippen LogP contribution in [0.4, 0.5) is 5.69 Å². The highest BCUT2D eigenvalue weighted by Crippen LogP contribution is 2.38. The van der Waals surface area contributed by atoms with Gasteiger partial charge in [-0.15, -0.1) is 0 Å². The molecule has 0 radical (unpaired) electrons. The molecule has 0 atom stereocenters. The second-order valence-corrected chi connectivity index (χ2v) is 9.56. The number of nitrogens with zero attached hydrogens (tertiary/aromatic N) is 2. The fraction of sp³-hybridized carbons (Fsp3) is 0.115. The van der Waals surface area contributed by atoms with Crippen molar-refractivity contribution in [3.8, 4) is 22.7 Å². The van der Waals surface area contributed by atoms with Gasteiger partial charge in [-0.05, 0) is 73.0 Å². The number of rotatable bonds is 6. The van der Waals surface area contributed by atoms with Crippen LogP contribution >= 0.6 is 23.6 Å². The molecule has 2 amide bonds. The summed E-state index contributed by atoms with van der Waals surface area (Å²) in [6.07, 6.45) is 1.30. The van der Waals surface area contributed by atoms with Gasteiger partial charge in [0.2, 0.25) is 0 Å². The van der Waals surface area contributed by atoms with Crippen molar-refractivity contribution in [1.29, 1.82) is 0 Å². The molecule has 1 aromatic heterocycles. The molecule has 10 heteroatoms. The Morgan fingerprint density at radius 3 is 2.61 bits per heavy atom. The zero-order chi connectivity index (χ0) is 25.4. The van der Waals surface area contributed by atoms with E-state index in [9.17, 15) is 14.7 Å². The standard InChI is InChI=1S/C26H21ClN4O4S/c1-35-36-18-9-11-22(27)21(13-18)26(34)29-15-4-2-14-3-10-19-23(25(28)33)30-31(24(19)20(14)12-15)16-5-7-17(32)8-6-16/h2,4-9,11-13,32H,3,10H2,1H3,(H2,28,33)(H,29,34). The van der Waals surface area contributed by atoms with Crippen molar-refractivity contribution in [2.75, 3.05) is 12.4 Å². The number of nitrogens with two attached hydrogens (primary N) is 1. The molecule has 0 saturated carbocycles. The molecule has 1 aliphatic rings. The first-order chi connectivity index (χ1) is 17.4. The predicted octanol–water partition coefficient (Wildman–Crippen LogP) is 5.00. The number of anilines is 1. The quantitative estimate of drug-likeness (QED) is 0.308. The predicted molar refractivity (Wildman–Crippen MR) is 139 cm³/mol. The number of phenolic OH excluding ortho intramolecular Hbond substituents is 1. The Bertz CT molecular complexity index is 1500. The van der Waals surface area contributed by atoms with Crippen LogP contribution in [0.5, 0.6) is 5.75 Å². The number of carbonyl (C=O) groups is 2. The molecule has 3 aromatic carbocycles. The van der Waals surface area contributed by atoms with Gasteiger partial charge < -0.3 is 20.3 Å². The van der Waals surface area contributed by atoms with Crippen LogP contribution in [0.25, 0.3) is 16.9 Å². The van der Waals surface area contributed by atoms with Crippen LogP contribution in [-0.2, 0) is 17.0 Å². The van der Waals surface area contributed by atoms with Crippen LogP contribution in [-0.4, -0.2) is 33.8 Å². The lowest BCUT2D eigenvalue weighted by molar-refractivity contribution is 0.0992. The third-order valence-electron chi connectivity index (χ3n) is 5.94. The lowest BCUT2D eigenvalue weighted by atomic mass is 9.88. The van der Waals surface area contributed by atoms with E-state index in [0.717, 1.165) is 39.3 Å². The third kappa shape index (κ3) is 4.44. The Morgan fingerprint density at radius 2 is 1.89 bits per heavy atom. The van der Waals surface area contributed by atoms with Crippen LogP contribution < -0.4 is 11.1 Å². The highest BCUT2D eigenvalue weighted by molar-refractivity contribution is 7.94. The first-order valence-electron chi connectivity index (χ1n) is 11.0. The van der Waals surface area contributed by atoms with Gasteiger partial charge in [0.25, 0.3) is 11.8 Å². The van der Waals surface area contributed by atoms with Crippen molar-refractivity contribution >= 4 is 41.1 Å². The molecule has 1 heterocycles. The maximum Gasteiger partial charge on any atom is 0.269 e. The number of aromatic nitrogens is 2. The van der Waals surface area contributed by atoms with Crippen molar-refractivity contribution in [3.63, 3.8) is 0 Å². The fourth-order valence-corrected chi connectivity index (χ4v) is 5.01. The molecule has 0 spiro atoms. The number of hydrogen-bond donors (Lipinski definition) is 3. The molecule has 4 N–H and O–H groups in total. The minimum Gasteiger partial charge on any atom is -0.508 e. The number of aryl methyl sites for hydroxylation is 1. The van der Waals surface area contributed by atoms with E-state index < -0.39 is 5.91 Å². The van der Waals surface area contributed by atoms with E-state index in [4.69, 9.17) is 21.5 Å². The smallest absolute Gasteiger partial charge is 0.269 e. The largest absolute Gasteiger partial charge is 0.508 e. The van der Waals surface area contributed by atoms with Crippen LogP contribution in [0, 0.1) is 0 Å². The van der Waals surface area contributed by atoms with Crippen LogP contribution in [0.15, 0.2) is 65.6 Å². The molecule has 0 unspecified atom stereocenters. The highest BCUT2D eigenvalue weighted by atomic mass is 35.5. The third-order valence-corrected chi connectivity index (χ3v) is 6.88. The Morgan fingerprint density at radius 1 is 1.11 bits per heavy atom. The maximum absolute atomic E-state index is 13.1. The number of carbonyl (C=O) groups excluding carboxylic acids is 2. The summed E-state index contributed by atoms with van der Waals surface area (Å²) in [4.78, 5) is 26.0. The Labute approximate surface area is 216 Å². The number of phenols is 1. The highest BCUT2D eigenvalue weighted by Gasteiger charge is 2.28. The number of primary amides is 1. The molecule has 8 nitrogen and oxygen atoms in total. The first-order valence-corrected chi connectivity index (χ1v) is 12.1. The SMILES string of the molecule is COSc1ccc(Cl)c(C(=O)Nc2ccc3c(c2)-c2c(c(C(N)=O)nn2-c2ccc(O)cc2)CC3)c1. The van der Waals surface area contributed by atoms with Gasteiger partial charge >= 0.3 is 0 Å². The van der Waals surface area contributed by atoms with E-state index >= 15 is 0 Å². The van der Waals surface area contributed by atoms with Crippen molar-refractivity contribution in [3.05, 3.63) is 88.1 Å². The lowest BCUT2D eigenvalue weighted by Gasteiger charge is -2.20. The van der Waals surface area contributed by atoms with Crippen LogP contribution in [0.2, 0.25) is 5.02 Å². The van der Waals surface area contributed by atoms with Gasteiger partial charge in [-0.2, -0.15) is 5.10 Å². The molecule has 36 heavy (non-hydrogen) atoms. The fourth-order valence-electron chi connectivity index (χ4n) is 4.32. The Hall–Kier alpha value is -3.79. The molecule has 0 bridgehead atoms. The van der Waals surface area contributed by atoms with Gasteiger partial charge in [0, 0.05) is 33.8 Å². The van der Waals surface area contributed by atoms with E-state index in [1.54, 1.807) is 54.3 Å². The van der Waals surface area contributed by atoms with Crippen LogP contribution in [0.1, 0.15) is 32.0 Å². The average molecular weight is 521 g/mol. The van der Waals surface area contributed by atoms with E-state index in [-0.39, 0.29) is 17.4 Å². The minimum absolute atomic E-state index is 0.118. The molecule has 0 fully saturated rings. The summed E-state index contributed by atoms with van der Waals surface area (Å²) in [6, 6.07) is 17.2. The number of amides is 2.